The van der Waals surface area contributed by atoms with E-state index in [1.54, 1.807) is 0 Å². The lowest BCUT2D eigenvalue weighted by atomic mass is 10.2. The molecule has 0 unspecified atom stereocenters. The quantitative estimate of drug-likeness (QED) is 0.829. The Morgan fingerprint density at radius 3 is 2.45 bits per heavy atom. The summed E-state index contributed by atoms with van der Waals surface area (Å²) >= 11 is 0. The van der Waals surface area contributed by atoms with Crippen molar-refractivity contribution in [2.75, 3.05) is 0 Å². The Kier molecular flexibility index (Phi) is 3.89. The summed E-state index contributed by atoms with van der Waals surface area (Å²) in [6.45, 7) is 0.980. The number of hydrogen-bond acceptors (Lipinski definition) is 4. The summed E-state index contributed by atoms with van der Waals surface area (Å²) in [6, 6.07) is 4.84. The van der Waals surface area contributed by atoms with Crippen molar-refractivity contribution in [1.82, 2.24) is 9.30 Å². The van der Waals surface area contributed by atoms with Gasteiger partial charge in [0.2, 0.25) is 0 Å². The third-order valence-corrected chi connectivity index (χ3v) is 2.62. The van der Waals surface area contributed by atoms with Gasteiger partial charge in [0.15, 0.2) is 0 Å². The predicted octanol–water partition coefficient (Wildman–Crippen LogP) is 0.993. The van der Waals surface area contributed by atoms with Crippen LogP contribution in [0.3, 0.4) is 0 Å². The van der Waals surface area contributed by atoms with Gasteiger partial charge in [0.1, 0.15) is 0 Å². The number of nitrogens with zero attached hydrogens (tertiary/aromatic N) is 2. The van der Waals surface area contributed by atoms with Gasteiger partial charge in [-0.2, -0.15) is 13.2 Å². The number of hydrogen-bond donors (Lipinski definition) is 0. The van der Waals surface area contributed by atoms with Gasteiger partial charge in [-0.05, 0) is 18.2 Å². The zero-order valence-electron chi connectivity index (χ0n) is 11.1. The first kappa shape index (κ1) is 15.5. The van der Waals surface area contributed by atoms with E-state index in [1.807, 2.05) is 0 Å². The van der Waals surface area contributed by atoms with Gasteiger partial charge in [0.05, 0.1) is 11.3 Å². The second kappa shape index (κ2) is 5.51. The molecule has 0 aliphatic rings. The third kappa shape index (κ3) is 3.08. The third-order valence-electron chi connectivity index (χ3n) is 2.62. The Hall–Kier alpha value is -2.84. The Morgan fingerprint density at radius 2 is 1.86 bits per heavy atom. The van der Waals surface area contributed by atoms with Crippen LogP contribution < -0.4 is 16.1 Å². The molecule has 2 rings (SSSR count). The highest BCUT2D eigenvalue weighted by molar-refractivity contribution is 5.66. The fraction of sp³-hybridized carbons (Fsp3) is 0.154. The molecule has 0 amide bonds. The van der Waals surface area contributed by atoms with Crippen LogP contribution in [-0.2, 0) is 11.0 Å². The lowest BCUT2D eigenvalue weighted by Crippen LogP contribution is -2.43. The number of halogens is 3. The summed E-state index contributed by atoms with van der Waals surface area (Å²) in [6.07, 6.45) is -3.58. The minimum atomic E-state index is -4.58. The highest BCUT2D eigenvalue weighted by Crippen LogP contribution is 2.29. The normalized spacial score (nSPS) is 11.3. The molecule has 0 atom stereocenters. The summed E-state index contributed by atoms with van der Waals surface area (Å²) in [5.74, 6) is -0.916. The lowest BCUT2D eigenvalue weighted by molar-refractivity contribution is -0.142. The van der Waals surface area contributed by atoms with Crippen molar-refractivity contribution in [3.63, 3.8) is 0 Å². The average Bonchev–Trinajstić information content (AvgIpc) is 2.42. The minimum Gasteiger partial charge on any atom is -0.329 e. The van der Waals surface area contributed by atoms with E-state index in [4.69, 9.17) is 0 Å². The fourth-order valence-corrected chi connectivity index (χ4v) is 1.70. The standard InChI is InChI=1S/C13H9F3N2O4/c1-8(19)22-18-11(20)5-6-17(12(18)21)10-4-2-3-9(7-10)13(14,15)16/h2-7H,1H3. The first-order valence-corrected chi connectivity index (χ1v) is 5.91. The van der Waals surface area contributed by atoms with Crippen LogP contribution in [0.4, 0.5) is 13.2 Å². The van der Waals surface area contributed by atoms with Crippen molar-refractivity contribution in [1.29, 1.82) is 0 Å². The van der Waals surface area contributed by atoms with E-state index in [-0.39, 0.29) is 10.4 Å². The van der Waals surface area contributed by atoms with Crippen molar-refractivity contribution in [3.8, 4) is 5.69 Å². The van der Waals surface area contributed by atoms with E-state index < -0.39 is 29.0 Å². The number of carbonyl (C=O) groups is 1. The van der Waals surface area contributed by atoms with Crippen LogP contribution >= 0.6 is 0 Å². The summed E-state index contributed by atoms with van der Waals surface area (Å²) < 4.78 is 39.0. The van der Waals surface area contributed by atoms with Gasteiger partial charge in [0.25, 0.3) is 5.56 Å². The monoisotopic (exact) mass is 314 g/mol. The first-order chi connectivity index (χ1) is 10.2. The largest absolute Gasteiger partial charge is 0.416 e. The number of rotatable bonds is 2. The highest BCUT2D eigenvalue weighted by atomic mass is 19.4. The predicted molar refractivity (Wildman–Crippen MR) is 68.6 cm³/mol. The molecule has 0 aliphatic heterocycles. The Labute approximate surface area is 120 Å². The van der Waals surface area contributed by atoms with Crippen LogP contribution in [0.25, 0.3) is 5.69 Å². The minimum absolute atomic E-state index is 0.124. The number of alkyl halides is 3. The molecular formula is C13H9F3N2O4. The van der Waals surface area contributed by atoms with Crippen molar-refractivity contribution in [2.45, 2.75) is 13.1 Å². The molecule has 0 aliphatic carbocycles. The second-order valence-corrected chi connectivity index (χ2v) is 4.23. The highest BCUT2D eigenvalue weighted by Gasteiger charge is 2.30. The summed E-state index contributed by atoms with van der Waals surface area (Å²) in [5, 5.41) is 0. The molecule has 116 valence electrons. The molecule has 1 aromatic heterocycles. The topological polar surface area (TPSA) is 70.3 Å². The number of benzene rings is 1. The average molecular weight is 314 g/mol. The van der Waals surface area contributed by atoms with E-state index in [9.17, 15) is 27.6 Å². The lowest BCUT2D eigenvalue weighted by Gasteiger charge is -2.11. The van der Waals surface area contributed by atoms with E-state index in [0.29, 0.717) is 0 Å². The molecule has 1 aromatic carbocycles. The maximum atomic E-state index is 12.7. The maximum absolute atomic E-state index is 12.7. The van der Waals surface area contributed by atoms with Crippen LogP contribution in [0.1, 0.15) is 12.5 Å². The van der Waals surface area contributed by atoms with Crippen LogP contribution in [-0.4, -0.2) is 15.3 Å². The molecule has 6 nitrogen and oxygen atoms in total. The van der Waals surface area contributed by atoms with Gasteiger partial charge in [-0.1, -0.05) is 10.8 Å². The van der Waals surface area contributed by atoms with Crippen LogP contribution in [0.15, 0.2) is 46.1 Å². The zero-order valence-corrected chi connectivity index (χ0v) is 11.1. The Bertz CT molecular complexity index is 836. The van der Waals surface area contributed by atoms with E-state index in [0.717, 1.165) is 42.0 Å². The molecule has 0 fully saturated rings. The van der Waals surface area contributed by atoms with Gasteiger partial charge >= 0.3 is 17.8 Å². The SMILES string of the molecule is CC(=O)On1c(=O)ccn(-c2cccc(C(F)(F)F)c2)c1=O. The molecule has 0 spiro atoms. The van der Waals surface area contributed by atoms with Gasteiger partial charge in [-0.15, -0.1) is 0 Å². The van der Waals surface area contributed by atoms with Crippen LogP contribution in [0, 0.1) is 0 Å². The van der Waals surface area contributed by atoms with E-state index in [1.165, 1.54) is 6.07 Å². The van der Waals surface area contributed by atoms with Crippen molar-refractivity contribution in [3.05, 3.63) is 62.9 Å². The van der Waals surface area contributed by atoms with Crippen LogP contribution in [0.2, 0.25) is 0 Å². The molecule has 22 heavy (non-hydrogen) atoms. The Morgan fingerprint density at radius 1 is 1.18 bits per heavy atom. The fourth-order valence-electron chi connectivity index (χ4n) is 1.70. The number of carbonyl (C=O) groups excluding carboxylic acids is 1. The molecule has 0 N–H and O–H groups in total. The zero-order chi connectivity index (χ0) is 16.5. The van der Waals surface area contributed by atoms with Gasteiger partial charge in [-0.3, -0.25) is 9.36 Å². The first-order valence-electron chi connectivity index (χ1n) is 5.91. The second-order valence-electron chi connectivity index (χ2n) is 4.23. The molecule has 1 heterocycles. The maximum Gasteiger partial charge on any atom is 0.416 e. The van der Waals surface area contributed by atoms with E-state index in [2.05, 4.69) is 4.84 Å². The van der Waals surface area contributed by atoms with Gasteiger partial charge < -0.3 is 4.84 Å². The molecule has 9 heteroatoms. The summed E-state index contributed by atoms with van der Waals surface area (Å²) in [7, 11) is 0. The van der Waals surface area contributed by atoms with Crippen molar-refractivity contribution >= 4 is 5.97 Å². The Balaban J connectivity index is 2.62. The van der Waals surface area contributed by atoms with Gasteiger partial charge in [0, 0.05) is 19.2 Å². The molecule has 2 aromatic rings. The molecular weight excluding hydrogens is 305 g/mol. The van der Waals surface area contributed by atoms with Crippen LogP contribution in [0.5, 0.6) is 0 Å². The summed E-state index contributed by atoms with van der Waals surface area (Å²) in [5.41, 5.74) is -3.09. The number of aromatic nitrogens is 2. The molecule has 0 saturated heterocycles. The van der Waals surface area contributed by atoms with Crippen molar-refractivity contribution < 1.29 is 22.8 Å². The molecule has 0 radical (unpaired) electrons. The van der Waals surface area contributed by atoms with E-state index >= 15 is 0 Å². The van der Waals surface area contributed by atoms with Crippen molar-refractivity contribution in [2.24, 2.45) is 0 Å². The summed E-state index contributed by atoms with van der Waals surface area (Å²) in [4.78, 5) is 38.8. The molecule has 0 saturated carbocycles. The smallest absolute Gasteiger partial charge is 0.329 e. The molecule has 0 bridgehead atoms. The van der Waals surface area contributed by atoms with Gasteiger partial charge in [-0.25, -0.2) is 9.59 Å².